The summed E-state index contributed by atoms with van der Waals surface area (Å²) in [6, 6.07) is 10.5. The summed E-state index contributed by atoms with van der Waals surface area (Å²) < 4.78 is 12.7. The lowest BCUT2D eigenvalue weighted by Crippen LogP contribution is -2.11. The Labute approximate surface area is 127 Å². The minimum atomic E-state index is -1.23. The molecule has 2 aromatic carbocycles. The topological polar surface area (TPSA) is 94.9 Å². The maximum atomic E-state index is 11.5. The molecule has 0 aromatic heterocycles. The Hall–Kier alpha value is -2.72. The summed E-state index contributed by atoms with van der Waals surface area (Å²) in [5.74, 6) is -2.42. The standard InChI is InChI=1S/C15H12NO5P/c1-9-2-5-11(6-3-9)16(22-21)13-8-10(14(17)18)4-7-12(13)15(19)20/h2-8H,1H3,(H,17,18)(H,19,20). The normalized spacial score (nSPS) is 10.4. The van der Waals surface area contributed by atoms with Gasteiger partial charge in [-0.15, -0.1) is 0 Å². The summed E-state index contributed by atoms with van der Waals surface area (Å²) in [4.78, 5) is 22.4. The number of carbonyl (C=O) groups is 2. The lowest BCUT2D eigenvalue weighted by atomic mass is 10.1. The molecule has 0 atom stereocenters. The third kappa shape index (κ3) is 3.13. The van der Waals surface area contributed by atoms with Gasteiger partial charge in [0.25, 0.3) is 8.61 Å². The maximum absolute atomic E-state index is 11.5. The summed E-state index contributed by atoms with van der Waals surface area (Å²) in [7, 11) is -0.466. The molecule has 7 heteroatoms. The SMILES string of the molecule is Cc1ccc(N(P=O)c2cc(C(=O)O)ccc2C(=O)O)cc1. The molecule has 0 amide bonds. The second-order valence-corrected chi connectivity index (χ2v) is 5.13. The highest BCUT2D eigenvalue weighted by atomic mass is 31.1. The third-order valence-electron chi connectivity index (χ3n) is 3.06. The van der Waals surface area contributed by atoms with Crippen LogP contribution in [0.5, 0.6) is 0 Å². The molecular weight excluding hydrogens is 305 g/mol. The monoisotopic (exact) mass is 317 g/mol. The van der Waals surface area contributed by atoms with E-state index in [-0.39, 0.29) is 16.8 Å². The van der Waals surface area contributed by atoms with E-state index >= 15 is 0 Å². The molecule has 0 saturated carbocycles. The Kier molecular flexibility index (Phi) is 4.53. The third-order valence-corrected chi connectivity index (χ3v) is 3.67. The number of hydrogen-bond acceptors (Lipinski definition) is 3. The first-order chi connectivity index (χ1) is 10.4. The van der Waals surface area contributed by atoms with Crippen molar-refractivity contribution in [1.82, 2.24) is 0 Å². The average molecular weight is 317 g/mol. The van der Waals surface area contributed by atoms with Crippen molar-refractivity contribution in [1.29, 1.82) is 0 Å². The Morgan fingerprint density at radius 3 is 2.14 bits per heavy atom. The zero-order chi connectivity index (χ0) is 16.3. The molecule has 2 N–H and O–H groups in total. The molecule has 22 heavy (non-hydrogen) atoms. The molecule has 0 aliphatic rings. The van der Waals surface area contributed by atoms with Gasteiger partial charge in [-0.2, -0.15) is 0 Å². The fourth-order valence-electron chi connectivity index (χ4n) is 1.94. The summed E-state index contributed by atoms with van der Waals surface area (Å²) in [6.07, 6.45) is 0. The molecule has 0 radical (unpaired) electrons. The molecular formula is C15H12NO5P. The first kappa shape index (κ1) is 15.7. The lowest BCUT2D eigenvalue weighted by molar-refractivity contribution is 0.0682. The van der Waals surface area contributed by atoms with Crippen LogP contribution in [0.2, 0.25) is 0 Å². The van der Waals surface area contributed by atoms with Crippen LogP contribution in [-0.4, -0.2) is 22.2 Å². The van der Waals surface area contributed by atoms with Gasteiger partial charge in [-0.05, 0) is 37.3 Å². The highest BCUT2D eigenvalue weighted by Crippen LogP contribution is 2.35. The van der Waals surface area contributed by atoms with Gasteiger partial charge in [-0.3, -0.25) is 4.67 Å². The number of aromatic carboxylic acids is 2. The first-order valence-electron chi connectivity index (χ1n) is 6.24. The second-order valence-electron chi connectivity index (χ2n) is 4.57. The predicted molar refractivity (Wildman–Crippen MR) is 81.3 cm³/mol. The van der Waals surface area contributed by atoms with Crippen LogP contribution in [0.25, 0.3) is 0 Å². The van der Waals surface area contributed by atoms with Crippen LogP contribution in [0.4, 0.5) is 11.4 Å². The summed E-state index contributed by atoms with van der Waals surface area (Å²) in [5, 5.41) is 18.3. The summed E-state index contributed by atoms with van der Waals surface area (Å²) in [5.41, 5.74) is 1.32. The number of anilines is 2. The van der Waals surface area contributed by atoms with Crippen LogP contribution >= 0.6 is 8.61 Å². The smallest absolute Gasteiger partial charge is 0.337 e. The number of carboxylic acid groups (broad SMARTS) is 2. The van der Waals surface area contributed by atoms with Gasteiger partial charge in [0.05, 0.1) is 22.5 Å². The van der Waals surface area contributed by atoms with Gasteiger partial charge >= 0.3 is 11.9 Å². The van der Waals surface area contributed by atoms with Gasteiger partial charge in [-0.25, -0.2) is 14.2 Å². The maximum Gasteiger partial charge on any atom is 0.337 e. The minimum Gasteiger partial charge on any atom is -0.478 e. The lowest BCUT2D eigenvalue weighted by Gasteiger charge is -2.19. The van der Waals surface area contributed by atoms with Crippen molar-refractivity contribution in [2.75, 3.05) is 4.67 Å². The van der Waals surface area contributed by atoms with Crippen LogP contribution < -0.4 is 4.67 Å². The zero-order valence-electron chi connectivity index (χ0n) is 11.6. The van der Waals surface area contributed by atoms with Crippen LogP contribution in [0.1, 0.15) is 26.3 Å². The fourth-order valence-corrected chi connectivity index (χ4v) is 2.42. The largest absolute Gasteiger partial charge is 0.478 e. The van der Waals surface area contributed by atoms with Gasteiger partial charge in [0, 0.05) is 0 Å². The van der Waals surface area contributed by atoms with Crippen molar-refractivity contribution in [2.24, 2.45) is 0 Å². The number of aryl methyl sites for hydroxylation is 1. The molecule has 2 rings (SSSR count). The van der Waals surface area contributed by atoms with Crippen molar-refractivity contribution in [3.8, 4) is 0 Å². The van der Waals surface area contributed by atoms with E-state index in [2.05, 4.69) is 0 Å². The quantitative estimate of drug-likeness (QED) is 0.816. The highest BCUT2D eigenvalue weighted by Gasteiger charge is 2.20. The molecule has 0 saturated heterocycles. The Bertz CT molecular complexity index is 742. The van der Waals surface area contributed by atoms with E-state index in [1.54, 1.807) is 24.3 Å². The first-order valence-corrected chi connectivity index (χ1v) is 7.01. The molecule has 6 nitrogen and oxygen atoms in total. The van der Waals surface area contributed by atoms with Crippen LogP contribution in [0.15, 0.2) is 42.5 Å². The van der Waals surface area contributed by atoms with Crippen molar-refractivity contribution in [3.63, 3.8) is 0 Å². The summed E-state index contributed by atoms with van der Waals surface area (Å²) >= 11 is 0. The van der Waals surface area contributed by atoms with Crippen LogP contribution in [-0.2, 0) is 4.57 Å². The summed E-state index contributed by atoms with van der Waals surface area (Å²) in [6.45, 7) is 1.89. The second kappa shape index (κ2) is 6.37. The zero-order valence-corrected chi connectivity index (χ0v) is 12.4. The molecule has 0 aliphatic carbocycles. The molecule has 0 fully saturated rings. The number of rotatable bonds is 5. The number of carboxylic acids is 2. The Balaban J connectivity index is 2.62. The van der Waals surface area contributed by atoms with Crippen LogP contribution in [0.3, 0.4) is 0 Å². The van der Waals surface area contributed by atoms with E-state index in [1.807, 2.05) is 6.92 Å². The molecule has 2 aromatic rings. The van der Waals surface area contributed by atoms with E-state index < -0.39 is 20.5 Å². The van der Waals surface area contributed by atoms with Crippen molar-refractivity contribution in [2.45, 2.75) is 6.92 Å². The van der Waals surface area contributed by atoms with Gasteiger partial charge in [-0.1, -0.05) is 17.7 Å². The van der Waals surface area contributed by atoms with Gasteiger partial charge in [0.2, 0.25) is 0 Å². The fraction of sp³-hybridized carbons (Fsp3) is 0.0667. The molecule has 0 aliphatic heterocycles. The van der Waals surface area contributed by atoms with Gasteiger partial charge in [0.15, 0.2) is 0 Å². The van der Waals surface area contributed by atoms with E-state index in [9.17, 15) is 19.3 Å². The van der Waals surface area contributed by atoms with Crippen molar-refractivity contribution in [3.05, 3.63) is 59.2 Å². The van der Waals surface area contributed by atoms with Crippen molar-refractivity contribution >= 4 is 31.9 Å². The van der Waals surface area contributed by atoms with Gasteiger partial charge in [0.1, 0.15) is 0 Å². The molecule has 112 valence electrons. The number of nitrogens with zero attached hydrogens (tertiary/aromatic N) is 1. The predicted octanol–water partition coefficient (Wildman–Crippen LogP) is 3.74. The number of hydrogen-bond donors (Lipinski definition) is 2. The molecule has 0 heterocycles. The minimum absolute atomic E-state index is 0.0490. The Morgan fingerprint density at radius 1 is 1.00 bits per heavy atom. The van der Waals surface area contributed by atoms with Crippen molar-refractivity contribution < 1.29 is 24.4 Å². The average Bonchev–Trinajstić information content (AvgIpc) is 2.49. The van der Waals surface area contributed by atoms with Gasteiger partial charge < -0.3 is 10.2 Å². The molecule has 0 spiro atoms. The molecule has 0 bridgehead atoms. The van der Waals surface area contributed by atoms with E-state index in [4.69, 9.17) is 5.11 Å². The highest BCUT2D eigenvalue weighted by molar-refractivity contribution is 7.26. The molecule has 0 unspecified atom stereocenters. The van der Waals surface area contributed by atoms with E-state index in [0.717, 1.165) is 5.56 Å². The Morgan fingerprint density at radius 2 is 1.64 bits per heavy atom. The van der Waals surface area contributed by atoms with E-state index in [0.29, 0.717) is 5.69 Å². The van der Waals surface area contributed by atoms with E-state index in [1.165, 1.54) is 22.9 Å². The number of benzene rings is 2. The van der Waals surface area contributed by atoms with Crippen LogP contribution in [0, 0.1) is 6.92 Å².